The van der Waals surface area contributed by atoms with Crippen LogP contribution in [0.15, 0.2) is 0 Å². The zero-order chi connectivity index (χ0) is 13.6. The van der Waals surface area contributed by atoms with E-state index in [1.165, 1.54) is 0 Å². The Hall–Kier alpha value is -0.260. The van der Waals surface area contributed by atoms with Gasteiger partial charge in [0.25, 0.3) is 0 Å². The van der Waals surface area contributed by atoms with Crippen molar-refractivity contribution < 1.29 is 14.3 Å². The third-order valence-corrected chi connectivity index (χ3v) is 2.65. The van der Waals surface area contributed by atoms with Crippen molar-refractivity contribution in [2.45, 2.75) is 33.1 Å². The lowest BCUT2D eigenvalue weighted by Gasteiger charge is -2.07. The molecule has 4 nitrogen and oxygen atoms in total. The molecule has 0 aliphatic heterocycles. The Bertz CT molecular complexity index is 201. The average molecular weight is 277 g/mol. The number of hydrogen-bond donors (Lipinski definition) is 2. The first-order valence-electron chi connectivity index (χ1n) is 6.70. The molecule has 0 aromatic rings. The maximum Gasteiger partial charge on any atom is 0.245 e. The fourth-order valence-electron chi connectivity index (χ4n) is 1.34. The summed E-state index contributed by atoms with van der Waals surface area (Å²) in [7, 11) is 0. The van der Waals surface area contributed by atoms with E-state index in [0.29, 0.717) is 25.7 Å². The lowest BCUT2D eigenvalue weighted by molar-refractivity contribution is -0.126. The SMILES string of the molecule is CC(C)CCCNC(=O)COCCOCCCS. The van der Waals surface area contributed by atoms with Gasteiger partial charge in [-0.2, -0.15) is 12.6 Å². The summed E-state index contributed by atoms with van der Waals surface area (Å²) < 4.78 is 10.5. The van der Waals surface area contributed by atoms with Gasteiger partial charge in [0, 0.05) is 13.2 Å². The minimum Gasteiger partial charge on any atom is -0.379 e. The monoisotopic (exact) mass is 277 g/mol. The van der Waals surface area contributed by atoms with Gasteiger partial charge in [-0.15, -0.1) is 0 Å². The van der Waals surface area contributed by atoms with Gasteiger partial charge in [0.05, 0.1) is 13.2 Å². The molecule has 5 heteroatoms. The number of nitrogens with one attached hydrogen (secondary N) is 1. The third-order valence-electron chi connectivity index (χ3n) is 2.33. The van der Waals surface area contributed by atoms with Crippen LogP contribution >= 0.6 is 12.6 Å². The van der Waals surface area contributed by atoms with Crippen molar-refractivity contribution in [3.05, 3.63) is 0 Å². The zero-order valence-electron chi connectivity index (χ0n) is 11.6. The van der Waals surface area contributed by atoms with Crippen LogP contribution in [0.4, 0.5) is 0 Å². The molecular formula is C13H27NO3S. The Labute approximate surface area is 116 Å². The van der Waals surface area contributed by atoms with Crippen molar-refractivity contribution in [3.63, 3.8) is 0 Å². The van der Waals surface area contributed by atoms with Crippen molar-refractivity contribution in [1.82, 2.24) is 5.32 Å². The molecule has 0 heterocycles. The van der Waals surface area contributed by atoms with E-state index >= 15 is 0 Å². The maximum absolute atomic E-state index is 11.3. The highest BCUT2D eigenvalue weighted by Gasteiger charge is 2.01. The minimum absolute atomic E-state index is 0.0471. The van der Waals surface area contributed by atoms with Crippen LogP contribution in [0.2, 0.25) is 0 Å². The number of ether oxygens (including phenoxy) is 2. The topological polar surface area (TPSA) is 47.6 Å². The van der Waals surface area contributed by atoms with Gasteiger partial charge < -0.3 is 14.8 Å². The first-order valence-corrected chi connectivity index (χ1v) is 7.33. The summed E-state index contributed by atoms with van der Waals surface area (Å²) in [4.78, 5) is 11.3. The van der Waals surface area contributed by atoms with E-state index in [0.717, 1.165) is 31.6 Å². The van der Waals surface area contributed by atoms with Crippen molar-refractivity contribution in [1.29, 1.82) is 0 Å². The molecule has 0 saturated heterocycles. The summed E-state index contributed by atoms with van der Waals surface area (Å²) in [6, 6.07) is 0. The molecule has 0 aliphatic rings. The largest absolute Gasteiger partial charge is 0.379 e. The van der Waals surface area contributed by atoms with Crippen molar-refractivity contribution in [2.24, 2.45) is 5.92 Å². The Morgan fingerprint density at radius 1 is 1.17 bits per heavy atom. The molecule has 0 unspecified atom stereocenters. The Morgan fingerprint density at radius 3 is 2.56 bits per heavy atom. The molecule has 0 fully saturated rings. The van der Waals surface area contributed by atoms with Crippen molar-refractivity contribution >= 4 is 18.5 Å². The van der Waals surface area contributed by atoms with Crippen molar-refractivity contribution in [2.75, 3.05) is 38.7 Å². The van der Waals surface area contributed by atoms with E-state index in [1.54, 1.807) is 0 Å². The number of hydrogen-bond acceptors (Lipinski definition) is 4. The Kier molecular flexibility index (Phi) is 13.0. The highest BCUT2D eigenvalue weighted by atomic mass is 32.1. The van der Waals surface area contributed by atoms with E-state index in [-0.39, 0.29) is 12.5 Å². The predicted molar refractivity (Wildman–Crippen MR) is 77.2 cm³/mol. The highest BCUT2D eigenvalue weighted by Crippen LogP contribution is 2.01. The summed E-state index contributed by atoms with van der Waals surface area (Å²) in [6.45, 7) is 6.92. The second-order valence-corrected chi connectivity index (χ2v) is 5.08. The van der Waals surface area contributed by atoms with Gasteiger partial charge in [0.1, 0.15) is 6.61 Å². The number of amides is 1. The predicted octanol–water partition coefficient (Wildman–Crippen LogP) is 1.89. The normalized spacial score (nSPS) is 10.9. The average Bonchev–Trinajstić information content (AvgIpc) is 2.33. The first-order chi connectivity index (χ1) is 8.66. The fourth-order valence-corrected chi connectivity index (χ4v) is 1.47. The summed E-state index contributed by atoms with van der Waals surface area (Å²) in [6.07, 6.45) is 3.11. The van der Waals surface area contributed by atoms with E-state index in [2.05, 4.69) is 31.8 Å². The standard InChI is InChI=1S/C13H27NO3S/c1-12(2)5-3-6-14-13(15)11-17-9-8-16-7-4-10-18/h12,18H,3-11H2,1-2H3,(H,14,15). The van der Waals surface area contributed by atoms with Crippen molar-refractivity contribution in [3.8, 4) is 0 Å². The molecule has 0 aliphatic carbocycles. The third kappa shape index (κ3) is 13.8. The molecule has 0 aromatic heterocycles. The number of carbonyl (C=O) groups excluding carboxylic acids is 1. The van der Waals surface area contributed by atoms with Crippen LogP contribution in [0.3, 0.4) is 0 Å². The van der Waals surface area contributed by atoms with Crippen LogP contribution < -0.4 is 5.32 Å². The summed E-state index contributed by atoms with van der Waals surface area (Å²) in [5, 5.41) is 2.83. The molecule has 0 atom stereocenters. The second-order valence-electron chi connectivity index (χ2n) is 4.63. The summed E-state index contributed by atoms with van der Waals surface area (Å²) >= 11 is 4.08. The smallest absolute Gasteiger partial charge is 0.245 e. The quantitative estimate of drug-likeness (QED) is 0.423. The van der Waals surface area contributed by atoms with Gasteiger partial charge in [-0.3, -0.25) is 4.79 Å². The number of thiol groups is 1. The summed E-state index contributed by atoms with van der Waals surface area (Å²) in [5.74, 6) is 1.47. The van der Waals surface area contributed by atoms with Gasteiger partial charge in [-0.25, -0.2) is 0 Å². The van der Waals surface area contributed by atoms with Crippen LogP contribution in [-0.2, 0) is 14.3 Å². The lowest BCUT2D eigenvalue weighted by atomic mass is 10.1. The number of carbonyl (C=O) groups is 1. The fraction of sp³-hybridized carbons (Fsp3) is 0.923. The van der Waals surface area contributed by atoms with Gasteiger partial charge in [-0.1, -0.05) is 13.8 Å². The summed E-state index contributed by atoms with van der Waals surface area (Å²) in [5.41, 5.74) is 0. The lowest BCUT2D eigenvalue weighted by Crippen LogP contribution is -2.29. The molecule has 1 amide bonds. The van der Waals surface area contributed by atoms with Gasteiger partial charge in [0.2, 0.25) is 5.91 Å². The molecule has 0 rings (SSSR count). The second kappa shape index (κ2) is 13.2. The van der Waals surface area contributed by atoms with Gasteiger partial charge in [0.15, 0.2) is 0 Å². The number of rotatable bonds is 12. The van der Waals surface area contributed by atoms with E-state index < -0.39 is 0 Å². The highest BCUT2D eigenvalue weighted by molar-refractivity contribution is 7.80. The molecular weight excluding hydrogens is 250 g/mol. The van der Waals surface area contributed by atoms with Crippen LogP contribution in [0, 0.1) is 5.92 Å². The van der Waals surface area contributed by atoms with Crippen LogP contribution in [0.1, 0.15) is 33.1 Å². The van der Waals surface area contributed by atoms with Crippen LogP contribution in [0.25, 0.3) is 0 Å². The van der Waals surface area contributed by atoms with E-state index in [1.807, 2.05) is 0 Å². The molecule has 0 spiro atoms. The molecule has 108 valence electrons. The molecule has 1 N–H and O–H groups in total. The molecule has 0 radical (unpaired) electrons. The molecule has 0 aromatic carbocycles. The molecule has 0 bridgehead atoms. The Balaban J connectivity index is 3.17. The molecule has 18 heavy (non-hydrogen) atoms. The van der Waals surface area contributed by atoms with Crippen LogP contribution in [-0.4, -0.2) is 44.6 Å². The van der Waals surface area contributed by atoms with Gasteiger partial charge >= 0.3 is 0 Å². The minimum atomic E-state index is -0.0471. The maximum atomic E-state index is 11.3. The Morgan fingerprint density at radius 2 is 1.89 bits per heavy atom. The van der Waals surface area contributed by atoms with Gasteiger partial charge in [-0.05, 0) is 30.9 Å². The van der Waals surface area contributed by atoms with E-state index in [9.17, 15) is 4.79 Å². The zero-order valence-corrected chi connectivity index (χ0v) is 12.5. The van der Waals surface area contributed by atoms with E-state index in [4.69, 9.17) is 9.47 Å². The molecule has 0 saturated carbocycles. The first kappa shape index (κ1) is 17.7. The van der Waals surface area contributed by atoms with Crippen LogP contribution in [0.5, 0.6) is 0 Å².